The van der Waals surface area contributed by atoms with Gasteiger partial charge in [0.05, 0.1) is 0 Å². The maximum atomic E-state index is 1.65. The smallest absolute Gasteiger partial charge is 0.0318 e. The van der Waals surface area contributed by atoms with Crippen LogP contribution >= 0.6 is 0 Å². The molecule has 7 aliphatic carbocycles. The predicted octanol–water partition coefficient (Wildman–Crippen LogP) is 6.94. The highest BCUT2D eigenvalue weighted by molar-refractivity contribution is 5.15. The summed E-state index contributed by atoms with van der Waals surface area (Å²) in [7, 11) is 0. The second-order valence-electron chi connectivity index (χ2n) is 12.1. The van der Waals surface area contributed by atoms with Gasteiger partial charge < -0.3 is 0 Å². The van der Waals surface area contributed by atoms with Crippen molar-refractivity contribution in [2.24, 2.45) is 71.0 Å². The summed E-state index contributed by atoms with van der Waals surface area (Å²) >= 11 is 0. The Morgan fingerprint density at radius 1 is 0.231 bits per heavy atom. The summed E-state index contributed by atoms with van der Waals surface area (Å²) in [6.07, 6.45) is 22.7. The van der Waals surface area contributed by atoms with E-state index in [1.54, 1.807) is 89.9 Å². The van der Waals surface area contributed by atoms with Gasteiger partial charge in [-0.3, -0.25) is 0 Å². The number of hydrogen-bond donors (Lipinski definition) is 0. The molecule has 0 saturated heterocycles. The Kier molecular flexibility index (Phi) is 3.52. The van der Waals surface area contributed by atoms with Crippen LogP contribution in [-0.2, 0) is 0 Å². The van der Waals surface area contributed by atoms with Crippen LogP contribution in [0.2, 0.25) is 0 Å². The first kappa shape index (κ1) is 15.9. The van der Waals surface area contributed by atoms with Crippen molar-refractivity contribution in [3.8, 4) is 0 Å². The minimum atomic E-state index is 1.18. The van der Waals surface area contributed by atoms with Gasteiger partial charge in [-0.15, -0.1) is 0 Å². The Hall–Kier alpha value is 0. The van der Waals surface area contributed by atoms with Crippen molar-refractivity contribution in [2.45, 2.75) is 89.9 Å². The molecule has 0 aromatic heterocycles. The number of hydrogen-bond acceptors (Lipinski definition) is 0. The van der Waals surface area contributed by atoms with Crippen molar-refractivity contribution in [1.82, 2.24) is 0 Å². The molecule has 7 rings (SSSR count). The molecule has 7 saturated carbocycles. The van der Waals surface area contributed by atoms with Gasteiger partial charge in [-0.25, -0.2) is 0 Å². The summed E-state index contributed by atoms with van der Waals surface area (Å²) in [5.74, 6) is 14.3. The van der Waals surface area contributed by atoms with Crippen molar-refractivity contribution in [3.05, 3.63) is 0 Å². The lowest BCUT2D eigenvalue weighted by molar-refractivity contribution is -0.0776. The molecule has 0 amide bonds. The van der Waals surface area contributed by atoms with Crippen LogP contribution in [0.3, 0.4) is 0 Å². The van der Waals surface area contributed by atoms with E-state index in [0.717, 1.165) is 0 Å². The van der Waals surface area contributed by atoms with Crippen molar-refractivity contribution >= 4 is 0 Å². The van der Waals surface area contributed by atoms with E-state index in [-0.39, 0.29) is 0 Å². The Balaban J connectivity index is 1.34. The second-order valence-corrected chi connectivity index (χ2v) is 12.1. The van der Waals surface area contributed by atoms with Gasteiger partial charge >= 0.3 is 0 Å². The molecule has 26 heavy (non-hydrogen) atoms. The highest BCUT2D eigenvalue weighted by atomic mass is 14.7. The van der Waals surface area contributed by atoms with E-state index in [9.17, 15) is 0 Å². The minimum Gasteiger partial charge on any atom is -0.0530 e. The molecule has 12 unspecified atom stereocenters. The molecule has 0 heteroatoms. The van der Waals surface area contributed by atoms with Gasteiger partial charge in [-0.2, -0.15) is 0 Å². The SMILES string of the molecule is C1CCC2C(C1)C1CCCC3C4C5CCCCC5C5CCCC(C2C13)C54. The highest BCUT2D eigenvalue weighted by Crippen LogP contribution is 2.73. The van der Waals surface area contributed by atoms with E-state index in [1.807, 2.05) is 0 Å². The van der Waals surface area contributed by atoms with Crippen LogP contribution in [-0.4, -0.2) is 0 Å². The fraction of sp³-hybridized carbons (Fsp3) is 1.00. The van der Waals surface area contributed by atoms with Gasteiger partial charge in [0.25, 0.3) is 0 Å². The third kappa shape index (κ3) is 1.89. The molecular formula is C26H40. The van der Waals surface area contributed by atoms with Gasteiger partial charge in [0.1, 0.15) is 0 Å². The van der Waals surface area contributed by atoms with E-state index in [2.05, 4.69) is 0 Å². The van der Waals surface area contributed by atoms with E-state index >= 15 is 0 Å². The van der Waals surface area contributed by atoms with Crippen LogP contribution in [0, 0.1) is 71.0 Å². The molecule has 0 spiro atoms. The zero-order valence-corrected chi connectivity index (χ0v) is 16.8. The van der Waals surface area contributed by atoms with Gasteiger partial charge in [0, 0.05) is 0 Å². The molecule has 12 atom stereocenters. The van der Waals surface area contributed by atoms with Crippen LogP contribution in [0.5, 0.6) is 0 Å². The lowest BCUT2D eigenvalue weighted by Gasteiger charge is -2.56. The largest absolute Gasteiger partial charge is 0.0530 e. The molecular weight excluding hydrogens is 312 g/mol. The summed E-state index contributed by atoms with van der Waals surface area (Å²) in [6, 6.07) is 0. The molecule has 0 aromatic rings. The quantitative estimate of drug-likeness (QED) is 0.443. The minimum absolute atomic E-state index is 1.18. The van der Waals surface area contributed by atoms with E-state index in [4.69, 9.17) is 0 Å². The molecule has 0 aromatic carbocycles. The van der Waals surface area contributed by atoms with Gasteiger partial charge in [-0.1, -0.05) is 38.5 Å². The molecule has 7 aliphatic rings. The average molecular weight is 353 g/mol. The standard InChI is InChI=1S/C26H40/c1-3-9-17-15(7-1)19-11-5-13-22-24-18-10-4-2-8-16(18)20-12-6-14-21(26(20)24)23(17)25(19)22/h15-26H,1-14H2. The molecule has 0 N–H and O–H groups in total. The van der Waals surface area contributed by atoms with Crippen LogP contribution in [0.4, 0.5) is 0 Å². The molecule has 0 nitrogen and oxygen atoms in total. The van der Waals surface area contributed by atoms with Crippen molar-refractivity contribution in [2.75, 3.05) is 0 Å². The summed E-state index contributed by atoms with van der Waals surface area (Å²) in [5, 5.41) is 0. The third-order valence-electron chi connectivity index (χ3n) is 11.8. The highest BCUT2D eigenvalue weighted by Gasteiger charge is 2.67. The van der Waals surface area contributed by atoms with E-state index in [0.29, 0.717) is 0 Å². The normalized spacial score (nSPS) is 62.8. The first-order valence-electron chi connectivity index (χ1n) is 12.9. The zero-order valence-electron chi connectivity index (χ0n) is 16.8. The van der Waals surface area contributed by atoms with Gasteiger partial charge in [-0.05, 0) is 122 Å². The molecule has 144 valence electrons. The fourth-order valence-corrected chi connectivity index (χ4v) is 11.8. The van der Waals surface area contributed by atoms with Crippen molar-refractivity contribution < 1.29 is 0 Å². The third-order valence-corrected chi connectivity index (χ3v) is 11.8. The summed E-state index contributed by atoms with van der Waals surface area (Å²) < 4.78 is 0. The van der Waals surface area contributed by atoms with E-state index in [1.165, 1.54) is 71.0 Å². The van der Waals surface area contributed by atoms with Crippen LogP contribution < -0.4 is 0 Å². The van der Waals surface area contributed by atoms with Crippen LogP contribution in [0.15, 0.2) is 0 Å². The van der Waals surface area contributed by atoms with Gasteiger partial charge in [0.2, 0.25) is 0 Å². The van der Waals surface area contributed by atoms with Crippen LogP contribution in [0.1, 0.15) is 89.9 Å². The second kappa shape index (κ2) is 5.76. The number of fused-ring (bicyclic) bond motifs is 8. The predicted molar refractivity (Wildman–Crippen MR) is 107 cm³/mol. The number of rotatable bonds is 0. The lowest BCUT2D eigenvalue weighted by Crippen LogP contribution is -2.50. The van der Waals surface area contributed by atoms with Crippen molar-refractivity contribution in [3.63, 3.8) is 0 Å². The first-order valence-corrected chi connectivity index (χ1v) is 12.9. The maximum absolute atomic E-state index is 1.65. The topological polar surface area (TPSA) is 0 Å². The average Bonchev–Trinajstić information content (AvgIpc) is 3.22. The summed E-state index contributed by atoms with van der Waals surface area (Å²) in [4.78, 5) is 0. The molecule has 0 bridgehead atoms. The van der Waals surface area contributed by atoms with Crippen molar-refractivity contribution in [1.29, 1.82) is 0 Å². The Morgan fingerprint density at radius 2 is 0.500 bits per heavy atom. The molecule has 7 fully saturated rings. The fourth-order valence-electron chi connectivity index (χ4n) is 11.8. The molecule has 0 aliphatic heterocycles. The maximum Gasteiger partial charge on any atom is -0.0318 e. The Morgan fingerprint density at radius 3 is 0.885 bits per heavy atom. The molecule has 0 heterocycles. The monoisotopic (exact) mass is 352 g/mol. The summed E-state index contributed by atoms with van der Waals surface area (Å²) in [6.45, 7) is 0. The molecule has 0 radical (unpaired) electrons. The zero-order chi connectivity index (χ0) is 16.8. The van der Waals surface area contributed by atoms with Gasteiger partial charge in [0.15, 0.2) is 0 Å². The Labute approximate surface area is 161 Å². The first-order chi connectivity index (χ1) is 12.9. The Bertz CT molecular complexity index is 514. The van der Waals surface area contributed by atoms with E-state index < -0.39 is 0 Å². The summed E-state index contributed by atoms with van der Waals surface area (Å²) in [5.41, 5.74) is 0. The van der Waals surface area contributed by atoms with Crippen LogP contribution in [0.25, 0.3) is 0 Å². The lowest BCUT2D eigenvalue weighted by atomic mass is 9.49.